The number of carbonyl (C=O) groups is 2. The van der Waals surface area contributed by atoms with E-state index >= 15 is 0 Å². The molecule has 19 heavy (non-hydrogen) atoms. The molecule has 0 aromatic carbocycles. The summed E-state index contributed by atoms with van der Waals surface area (Å²) in [6.07, 6.45) is 1.52. The molecular weight excluding hydrogens is 272 g/mol. The molecule has 0 bridgehead atoms. The number of carbonyl (C=O) groups excluding carboxylic acids is 1. The van der Waals surface area contributed by atoms with Crippen molar-refractivity contribution >= 4 is 23.5 Å². The summed E-state index contributed by atoms with van der Waals surface area (Å²) in [5.41, 5.74) is 0.888. The molecule has 0 unspecified atom stereocenters. The summed E-state index contributed by atoms with van der Waals surface area (Å²) in [4.78, 5) is 26.6. The zero-order chi connectivity index (χ0) is 14.4. The average molecular weight is 287 g/mol. The normalized spacial score (nSPS) is 11.9. The van der Waals surface area contributed by atoms with Gasteiger partial charge in [0.1, 0.15) is 5.15 Å². The van der Waals surface area contributed by atoms with E-state index < -0.39 is 24.5 Å². The molecule has 0 aliphatic rings. The number of aromatic nitrogens is 1. The quantitative estimate of drug-likeness (QED) is 0.674. The molecule has 0 saturated carbocycles. The number of nitrogens with zero attached hydrogens (tertiary/aromatic N) is 1. The van der Waals surface area contributed by atoms with Gasteiger partial charge >= 0.3 is 5.97 Å². The van der Waals surface area contributed by atoms with Gasteiger partial charge in [0.25, 0.3) is 5.91 Å². The number of hydrogen-bond acceptors (Lipinski definition) is 4. The van der Waals surface area contributed by atoms with E-state index in [4.69, 9.17) is 21.8 Å². The molecule has 0 spiro atoms. The zero-order valence-electron chi connectivity index (χ0n) is 10.4. The summed E-state index contributed by atoms with van der Waals surface area (Å²) in [5, 5.41) is 20.0. The molecule has 1 atom stereocenters. The molecule has 104 valence electrons. The third-order valence-electron chi connectivity index (χ3n) is 2.40. The molecule has 1 heterocycles. The van der Waals surface area contributed by atoms with E-state index in [1.165, 1.54) is 6.07 Å². The highest BCUT2D eigenvalue weighted by Crippen LogP contribution is 2.12. The number of nitrogens with one attached hydrogen (secondary N) is 1. The Balaban J connectivity index is 2.89. The lowest BCUT2D eigenvalue weighted by Crippen LogP contribution is -2.43. The Labute approximate surface area is 115 Å². The number of rotatable bonds is 6. The number of amides is 1. The maximum absolute atomic E-state index is 11.9. The topological polar surface area (TPSA) is 99.5 Å². The van der Waals surface area contributed by atoms with Gasteiger partial charge in [0.2, 0.25) is 0 Å². The predicted octanol–water partition coefficient (Wildman–Crippen LogP) is 0.863. The number of halogens is 1. The average Bonchev–Trinajstić information content (AvgIpc) is 2.34. The van der Waals surface area contributed by atoms with Crippen molar-refractivity contribution in [2.75, 3.05) is 6.61 Å². The molecule has 0 saturated heterocycles. The first kappa shape index (κ1) is 15.4. The Morgan fingerprint density at radius 1 is 1.47 bits per heavy atom. The standard InChI is InChI=1S/C12H15ClN2O4/c1-2-3-8-4-7(5-10(13)14-8)11(17)15-9(6-16)12(18)19/h4-5,9,16H,2-3,6H2,1H3,(H,15,17)(H,18,19)/t9-/m1/s1. The highest BCUT2D eigenvalue weighted by Gasteiger charge is 2.20. The molecule has 0 fully saturated rings. The van der Waals surface area contributed by atoms with Gasteiger partial charge in [-0.3, -0.25) is 4.79 Å². The number of carboxylic acid groups (broad SMARTS) is 1. The van der Waals surface area contributed by atoms with Gasteiger partial charge in [0.05, 0.1) is 6.61 Å². The highest BCUT2D eigenvalue weighted by molar-refractivity contribution is 6.29. The highest BCUT2D eigenvalue weighted by atomic mass is 35.5. The van der Waals surface area contributed by atoms with E-state index in [0.29, 0.717) is 12.1 Å². The first-order chi connectivity index (χ1) is 8.97. The minimum Gasteiger partial charge on any atom is -0.480 e. The van der Waals surface area contributed by atoms with Crippen LogP contribution in [-0.2, 0) is 11.2 Å². The Hall–Kier alpha value is -1.66. The van der Waals surface area contributed by atoms with Crippen LogP contribution in [0.25, 0.3) is 0 Å². The molecule has 1 aromatic heterocycles. The Morgan fingerprint density at radius 2 is 2.16 bits per heavy atom. The van der Waals surface area contributed by atoms with Gasteiger partial charge in [-0.25, -0.2) is 9.78 Å². The van der Waals surface area contributed by atoms with Crippen LogP contribution in [-0.4, -0.2) is 39.7 Å². The smallest absolute Gasteiger partial charge is 0.328 e. The molecule has 0 aliphatic carbocycles. The molecule has 1 aromatic rings. The van der Waals surface area contributed by atoms with Crippen LogP contribution in [0.15, 0.2) is 12.1 Å². The lowest BCUT2D eigenvalue weighted by atomic mass is 10.1. The molecule has 7 heteroatoms. The number of aliphatic hydroxyl groups excluding tert-OH is 1. The number of aryl methyl sites for hydroxylation is 1. The van der Waals surface area contributed by atoms with Crippen LogP contribution in [0.5, 0.6) is 0 Å². The Bertz CT molecular complexity index is 479. The number of pyridine rings is 1. The van der Waals surface area contributed by atoms with Crippen molar-refractivity contribution in [3.8, 4) is 0 Å². The fourth-order valence-electron chi connectivity index (χ4n) is 1.49. The first-order valence-corrected chi connectivity index (χ1v) is 6.16. The maximum Gasteiger partial charge on any atom is 0.328 e. The van der Waals surface area contributed by atoms with Crippen molar-refractivity contribution in [2.45, 2.75) is 25.8 Å². The van der Waals surface area contributed by atoms with Crippen LogP contribution < -0.4 is 5.32 Å². The number of aliphatic hydroxyl groups is 1. The summed E-state index contributed by atoms with van der Waals surface area (Å²) in [6, 6.07) is 1.57. The van der Waals surface area contributed by atoms with Crippen LogP contribution in [0.1, 0.15) is 29.4 Å². The van der Waals surface area contributed by atoms with E-state index in [2.05, 4.69) is 10.3 Å². The van der Waals surface area contributed by atoms with Gasteiger partial charge in [-0.1, -0.05) is 24.9 Å². The van der Waals surface area contributed by atoms with E-state index in [9.17, 15) is 9.59 Å². The van der Waals surface area contributed by atoms with E-state index in [1.54, 1.807) is 6.07 Å². The molecule has 3 N–H and O–H groups in total. The molecule has 1 rings (SSSR count). The Morgan fingerprint density at radius 3 is 2.68 bits per heavy atom. The lowest BCUT2D eigenvalue weighted by molar-refractivity contribution is -0.140. The zero-order valence-corrected chi connectivity index (χ0v) is 11.1. The van der Waals surface area contributed by atoms with Gasteiger partial charge in [-0.05, 0) is 18.6 Å². The maximum atomic E-state index is 11.9. The van der Waals surface area contributed by atoms with Crippen LogP contribution in [0.3, 0.4) is 0 Å². The largest absolute Gasteiger partial charge is 0.480 e. The van der Waals surface area contributed by atoms with Crippen molar-refractivity contribution in [1.82, 2.24) is 10.3 Å². The van der Waals surface area contributed by atoms with Crippen LogP contribution >= 0.6 is 11.6 Å². The van der Waals surface area contributed by atoms with Crippen molar-refractivity contribution in [2.24, 2.45) is 0 Å². The van der Waals surface area contributed by atoms with E-state index in [1.807, 2.05) is 6.92 Å². The van der Waals surface area contributed by atoms with Crippen LogP contribution in [0.2, 0.25) is 5.15 Å². The fourth-order valence-corrected chi connectivity index (χ4v) is 1.72. The molecule has 1 amide bonds. The summed E-state index contributed by atoms with van der Waals surface area (Å²) in [5.74, 6) is -1.91. The van der Waals surface area contributed by atoms with Crippen LogP contribution in [0, 0.1) is 0 Å². The molecular formula is C12H15ClN2O4. The SMILES string of the molecule is CCCc1cc(C(=O)N[C@H](CO)C(=O)O)cc(Cl)n1. The minimum absolute atomic E-state index is 0.173. The summed E-state index contributed by atoms with van der Waals surface area (Å²) < 4.78 is 0. The molecule has 6 nitrogen and oxygen atoms in total. The predicted molar refractivity (Wildman–Crippen MR) is 69.2 cm³/mol. The molecule has 0 aliphatic heterocycles. The number of aliphatic carboxylic acids is 1. The fraction of sp³-hybridized carbons (Fsp3) is 0.417. The van der Waals surface area contributed by atoms with Crippen molar-refractivity contribution in [3.05, 3.63) is 28.5 Å². The van der Waals surface area contributed by atoms with Crippen LogP contribution in [0.4, 0.5) is 0 Å². The van der Waals surface area contributed by atoms with Crippen molar-refractivity contribution in [3.63, 3.8) is 0 Å². The molecule has 0 radical (unpaired) electrons. The summed E-state index contributed by atoms with van der Waals surface area (Å²) >= 11 is 5.81. The van der Waals surface area contributed by atoms with Gasteiger partial charge in [-0.15, -0.1) is 0 Å². The van der Waals surface area contributed by atoms with Gasteiger partial charge in [-0.2, -0.15) is 0 Å². The van der Waals surface area contributed by atoms with E-state index in [-0.39, 0.29) is 10.7 Å². The third-order valence-corrected chi connectivity index (χ3v) is 2.60. The second-order valence-corrected chi connectivity index (χ2v) is 4.35. The van der Waals surface area contributed by atoms with Crippen molar-refractivity contribution < 1.29 is 19.8 Å². The number of carboxylic acids is 1. The van der Waals surface area contributed by atoms with Gasteiger partial charge in [0, 0.05) is 11.3 Å². The summed E-state index contributed by atoms with van der Waals surface area (Å²) in [7, 11) is 0. The summed E-state index contributed by atoms with van der Waals surface area (Å²) in [6.45, 7) is 1.29. The second kappa shape index (κ2) is 7.06. The van der Waals surface area contributed by atoms with E-state index in [0.717, 1.165) is 6.42 Å². The first-order valence-electron chi connectivity index (χ1n) is 5.79. The van der Waals surface area contributed by atoms with Gasteiger partial charge < -0.3 is 15.5 Å². The Kier molecular flexibility index (Phi) is 5.72. The number of hydrogen-bond donors (Lipinski definition) is 3. The van der Waals surface area contributed by atoms with Gasteiger partial charge in [0.15, 0.2) is 6.04 Å². The minimum atomic E-state index is -1.34. The monoisotopic (exact) mass is 286 g/mol. The second-order valence-electron chi connectivity index (χ2n) is 3.97. The third kappa shape index (κ3) is 4.50. The lowest BCUT2D eigenvalue weighted by Gasteiger charge is -2.12. The van der Waals surface area contributed by atoms with Crippen molar-refractivity contribution in [1.29, 1.82) is 0 Å².